The highest BCUT2D eigenvalue weighted by Gasteiger charge is 2.70. The predicted molar refractivity (Wildman–Crippen MR) is 37.7 cm³/mol. The van der Waals surface area contributed by atoms with Gasteiger partial charge < -0.3 is 9.47 Å². The SMILES string of the molecule is C1=C[C@@H]2C3[C@@H]4OCOC4[C@@H]1[C@@H]32. The van der Waals surface area contributed by atoms with E-state index < -0.39 is 0 Å². The Hall–Kier alpha value is -0.340. The van der Waals surface area contributed by atoms with Gasteiger partial charge in [0, 0.05) is 5.92 Å². The maximum absolute atomic E-state index is 5.55. The van der Waals surface area contributed by atoms with Gasteiger partial charge in [0.25, 0.3) is 0 Å². The smallest absolute Gasteiger partial charge is 0.147 e. The molecule has 1 heterocycles. The van der Waals surface area contributed by atoms with Crippen LogP contribution < -0.4 is 0 Å². The molecule has 1 aliphatic heterocycles. The van der Waals surface area contributed by atoms with E-state index in [4.69, 9.17) is 9.47 Å². The van der Waals surface area contributed by atoms with Gasteiger partial charge in [0.05, 0.1) is 12.2 Å². The van der Waals surface area contributed by atoms with Crippen LogP contribution in [0.4, 0.5) is 0 Å². The van der Waals surface area contributed by atoms with E-state index >= 15 is 0 Å². The summed E-state index contributed by atoms with van der Waals surface area (Å²) >= 11 is 0. The first-order chi connectivity index (χ1) is 5.47. The Balaban J connectivity index is 1.83. The molecule has 3 fully saturated rings. The fourth-order valence-electron chi connectivity index (χ4n) is 3.35. The van der Waals surface area contributed by atoms with Gasteiger partial charge in [0.15, 0.2) is 0 Å². The zero-order valence-corrected chi connectivity index (χ0v) is 6.14. The molecule has 0 spiro atoms. The van der Waals surface area contributed by atoms with E-state index in [0.717, 1.165) is 17.8 Å². The molecular formula is C9H10O2. The van der Waals surface area contributed by atoms with Crippen LogP contribution in [-0.2, 0) is 9.47 Å². The lowest BCUT2D eigenvalue weighted by Crippen LogP contribution is -2.25. The first-order valence-electron chi connectivity index (χ1n) is 4.38. The molecule has 3 aliphatic carbocycles. The van der Waals surface area contributed by atoms with Gasteiger partial charge >= 0.3 is 0 Å². The summed E-state index contributed by atoms with van der Waals surface area (Å²) in [5.41, 5.74) is 0. The Morgan fingerprint density at radius 3 is 2.73 bits per heavy atom. The lowest BCUT2D eigenvalue weighted by Gasteiger charge is -2.14. The van der Waals surface area contributed by atoms with Crippen molar-refractivity contribution in [3.8, 4) is 0 Å². The molecule has 0 aromatic rings. The van der Waals surface area contributed by atoms with Crippen LogP contribution >= 0.6 is 0 Å². The zero-order valence-electron chi connectivity index (χ0n) is 6.14. The second kappa shape index (κ2) is 1.41. The molecule has 2 saturated carbocycles. The number of ether oxygens (including phenoxy) is 2. The molecule has 0 N–H and O–H groups in total. The number of rotatable bonds is 0. The zero-order chi connectivity index (χ0) is 7.00. The van der Waals surface area contributed by atoms with E-state index in [1.807, 2.05) is 0 Å². The molecule has 2 nitrogen and oxygen atoms in total. The van der Waals surface area contributed by atoms with Crippen LogP contribution in [0.5, 0.6) is 0 Å². The van der Waals surface area contributed by atoms with Gasteiger partial charge in [-0.05, 0) is 17.8 Å². The molecular weight excluding hydrogens is 140 g/mol. The highest BCUT2D eigenvalue weighted by molar-refractivity contribution is 5.30. The van der Waals surface area contributed by atoms with Crippen LogP contribution in [0.2, 0.25) is 0 Å². The van der Waals surface area contributed by atoms with E-state index in [1.165, 1.54) is 0 Å². The van der Waals surface area contributed by atoms with Gasteiger partial charge in [-0.1, -0.05) is 12.2 Å². The third-order valence-corrected chi connectivity index (χ3v) is 3.80. The summed E-state index contributed by atoms with van der Waals surface area (Å²) in [7, 11) is 0. The van der Waals surface area contributed by atoms with E-state index in [9.17, 15) is 0 Å². The van der Waals surface area contributed by atoms with E-state index in [0.29, 0.717) is 24.9 Å². The number of hydrogen-bond acceptors (Lipinski definition) is 2. The first kappa shape index (κ1) is 5.33. The number of fused-ring (bicyclic) bond motifs is 4. The van der Waals surface area contributed by atoms with E-state index in [2.05, 4.69) is 12.2 Å². The standard InChI is InChI=1S/C9H10O2/c1-2-5-6-4(1)7(6)9-8(5)10-3-11-9/h1-2,4-9H,3H2/t4-,5-,6-,7?,8?,9-/m0/s1. The molecule has 58 valence electrons. The average molecular weight is 150 g/mol. The van der Waals surface area contributed by atoms with Crippen molar-refractivity contribution in [1.29, 1.82) is 0 Å². The first-order valence-corrected chi connectivity index (χ1v) is 4.38. The molecule has 1 saturated heterocycles. The summed E-state index contributed by atoms with van der Waals surface area (Å²) in [5, 5.41) is 0. The topological polar surface area (TPSA) is 18.5 Å². The van der Waals surface area contributed by atoms with Gasteiger partial charge in [0.1, 0.15) is 6.79 Å². The summed E-state index contributed by atoms with van der Waals surface area (Å²) in [6.07, 6.45) is 5.57. The minimum atomic E-state index is 0.417. The largest absolute Gasteiger partial charge is 0.349 e. The summed E-state index contributed by atoms with van der Waals surface area (Å²) in [5.74, 6) is 3.31. The summed E-state index contributed by atoms with van der Waals surface area (Å²) in [6.45, 7) is 0.537. The third-order valence-electron chi connectivity index (χ3n) is 3.80. The fourth-order valence-corrected chi connectivity index (χ4v) is 3.35. The van der Waals surface area contributed by atoms with Crippen LogP contribution in [0, 0.1) is 23.7 Å². The Morgan fingerprint density at radius 1 is 0.909 bits per heavy atom. The van der Waals surface area contributed by atoms with Crippen molar-refractivity contribution in [2.75, 3.05) is 6.79 Å². The fraction of sp³-hybridized carbons (Fsp3) is 0.778. The lowest BCUT2D eigenvalue weighted by atomic mass is 10.0. The Bertz CT molecular complexity index is 248. The van der Waals surface area contributed by atoms with Crippen molar-refractivity contribution >= 4 is 0 Å². The molecule has 4 aliphatic rings. The maximum Gasteiger partial charge on any atom is 0.147 e. The minimum Gasteiger partial charge on any atom is -0.349 e. The molecule has 11 heavy (non-hydrogen) atoms. The van der Waals surface area contributed by atoms with Crippen molar-refractivity contribution in [1.82, 2.24) is 0 Å². The normalized spacial score (nSPS) is 68.4. The van der Waals surface area contributed by atoms with Crippen LogP contribution in [0.1, 0.15) is 0 Å². The molecule has 6 atom stereocenters. The van der Waals surface area contributed by atoms with Crippen molar-refractivity contribution in [3.63, 3.8) is 0 Å². The van der Waals surface area contributed by atoms with Crippen molar-refractivity contribution in [2.45, 2.75) is 12.2 Å². The van der Waals surface area contributed by atoms with Gasteiger partial charge in [0.2, 0.25) is 0 Å². The van der Waals surface area contributed by atoms with Crippen molar-refractivity contribution < 1.29 is 9.47 Å². The average Bonchev–Trinajstić information content (AvgIpc) is 2.48. The molecule has 0 amide bonds. The van der Waals surface area contributed by atoms with Crippen LogP contribution in [0.25, 0.3) is 0 Å². The maximum atomic E-state index is 5.55. The lowest BCUT2D eigenvalue weighted by molar-refractivity contribution is 0.0208. The van der Waals surface area contributed by atoms with Crippen LogP contribution in [0.3, 0.4) is 0 Å². The summed E-state index contributed by atoms with van der Waals surface area (Å²) in [6, 6.07) is 0. The van der Waals surface area contributed by atoms with Crippen molar-refractivity contribution in [2.24, 2.45) is 23.7 Å². The van der Waals surface area contributed by atoms with Crippen LogP contribution in [-0.4, -0.2) is 19.0 Å². The Kier molecular flexibility index (Phi) is 0.684. The van der Waals surface area contributed by atoms with E-state index in [1.54, 1.807) is 0 Å². The third kappa shape index (κ3) is 0.422. The molecule has 0 bridgehead atoms. The number of hydrogen-bond donors (Lipinski definition) is 0. The molecule has 2 heteroatoms. The number of allylic oxidation sites excluding steroid dienone is 1. The summed E-state index contributed by atoms with van der Waals surface area (Å²) < 4.78 is 11.1. The molecule has 4 rings (SSSR count). The predicted octanol–water partition coefficient (Wildman–Crippen LogP) is 0.790. The van der Waals surface area contributed by atoms with E-state index in [-0.39, 0.29) is 0 Å². The molecule has 0 radical (unpaired) electrons. The summed E-state index contributed by atoms with van der Waals surface area (Å²) in [4.78, 5) is 0. The van der Waals surface area contributed by atoms with Gasteiger partial charge in [-0.25, -0.2) is 0 Å². The molecule has 2 unspecified atom stereocenters. The Labute approximate surface area is 65.2 Å². The minimum absolute atomic E-state index is 0.417. The highest BCUT2D eigenvalue weighted by atomic mass is 16.7. The monoisotopic (exact) mass is 150 g/mol. The highest BCUT2D eigenvalue weighted by Crippen LogP contribution is 2.67. The van der Waals surface area contributed by atoms with Crippen LogP contribution in [0.15, 0.2) is 12.2 Å². The Morgan fingerprint density at radius 2 is 1.73 bits per heavy atom. The molecule has 0 aromatic carbocycles. The quantitative estimate of drug-likeness (QED) is 0.475. The van der Waals surface area contributed by atoms with Gasteiger partial charge in [-0.2, -0.15) is 0 Å². The second-order valence-electron chi connectivity index (χ2n) is 4.07. The van der Waals surface area contributed by atoms with Gasteiger partial charge in [-0.15, -0.1) is 0 Å². The molecule has 0 aromatic heterocycles. The van der Waals surface area contributed by atoms with Gasteiger partial charge in [-0.3, -0.25) is 0 Å². The second-order valence-corrected chi connectivity index (χ2v) is 4.07. The van der Waals surface area contributed by atoms with Crippen molar-refractivity contribution in [3.05, 3.63) is 12.2 Å².